The number of ether oxygens (including phenoxy) is 1. The van der Waals surface area contributed by atoms with E-state index in [1.807, 2.05) is 0 Å². The van der Waals surface area contributed by atoms with Gasteiger partial charge < -0.3 is 9.84 Å². The topological polar surface area (TPSA) is 29.5 Å². The number of hydrogen-bond donors (Lipinski definition) is 1. The molecule has 0 radical (unpaired) electrons. The van der Waals surface area contributed by atoms with E-state index < -0.39 is 0 Å². The highest BCUT2D eigenvalue weighted by Crippen LogP contribution is 1.82. The zero-order chi connectivity index (χ0) is 6.41. The fourth-order valence-corrected chi connectivity index (χ4v) is 0.260. The minimum Gasteiger partial charge on any atom is -0.510 e. The average molecular weight is 114 g/mol. The van der Waals surface area contributed by atoms with Gasteiger partial charge in [0.05, 0.1) is 6.61 Å². The van der Waals surface area contributed by atoms with Crippen molar-refractivity contribution in [3.05, 3.63) is 25.0 Å². The van der Waals surface area contributed by atoms with Gasteiger partial charge in [-0.2, -0.15) is 0 Å². The van der Waals surface area contributed by atoms with E-state index in [2.05, 4.69) is 13.2 Å². The van der Waals surface area contributed by atoms with Gasteiger partial charge in [0.15, 0.2) is 0 Å². The Morgan fingerprint density at radius 3 is 2.75 bits per heavy atom. The molecule has 8 heavy (non-hydrogen) atoms. The molecule has 0 rings (SSSR count). The summed E-state index contributed by atoms with van der Waals surface area (Å²) >= 11 is 0. The Labute approximate surface area is 49.1 Å². The Bertz CT molecular complexity index is 86.5. The molecule has 0 unspecified atom stereocenters. The Hall–Kier alpha value is -0.760. The van der Waals surface area contributed by atoms with Crippen LogP contribution < -0.4 is 0 Å². The van der Waals surface area contributed by atoms with Crippen LogP contribution in [0, 0.1) is 0 Å². The number of hydrogen-bond acceptors (Lipinski definition) is 2. The van der Waals surface area contributed by atoms with Gasteiger partial charge in [0.25, 0.3) is 0 Å². The van der Waals surface area contributed by atoms with E-state index in [1.54, 1.807) is 6.08 Å². The van der Waals surface area contributed by atoms with E-state index in [0.717, 1.165) is 0 Å². The molecule has 0 aromatic rings. The van der Waals surface area contributed by atoms with E-state index in [1.165, 1.54) is 0 Å². The fraction of sp³-hybridized carbons (Fsp3) is 0.333. The van der Waals surface area contributed by atoms with Gasteiger partial charge >= 0.3 is 0 Å². The van der Waals surface area contributed by atoms with Crippen molar-refractivity contribution in [1.29, 1.82) is 0 Å². The Morgan fingerprint density at radius 2 is 2.38 bits per heavy atom. The molecule has 2 heteroatoms. The molecule has 0 fully saturated rings. The second-order valence-corrected chi connectivity index (χ2v) is 1.37. The highest BCUT2D eigenvalue weighted by Gasteiger charge is 1.83. The van der Waals surface area contributed by atoms with Gasteiger partial charge in [-0.3, -0.25) is 0 Å². The number of rotatable bonds is 4. The molecule has 0 aliphatic heterocycles. The molecule has 2 nitrogen and oxygen atoms in total. The van der Waals surface area contributed by atoms with Gasteiger partial charge in [0, 0.05) is 0 Å². The van der Waals surface area contributed by atoms with Crippen molar-refractivity contribution in [1.82, 2.24) is 0 Å². The number of aliphatic hydroxyl groups excluding tert-OH is 1. The standard InChI is InChI=1S/C6H10O2/c1-3-4-8-5-6(2)7/h3,7H,1-2,4-5H2. The smallest absolute Gasteiger partial charge is 0.111 e. The van der Waals surface area contributed by atoms with Crippen molar-refractivity contribution in [2.24, 2.45) is 0 Å². The van der Waals surface area contributed by atoms with E-state index in [9.17, 15) is 0 Å². The molecule has 0 aromatic heterocycles. The summed E-state index contributed by atoms with van der Waals surface area (Å²) in [5.41, 5.74) is 0. The molecule has 0 amide bonds. The van der Waals surface area contributed by atoms with E-state index in [4.69, 9.17) is 9.84 Å². The zero-order valence-corrected chi connectivity index (χ0v) is 4.76. The van der Waals surface area contributed by atoms with Crippen molar-refractivity contribution >= 4 is 0 Å². The van der Waals surface area contributed by atoms with Crippen LogP contribution in [0.15, 0.2) is 25.0 Å². The minimum absolute atomic E-state index is 0.0480. The van der Waals surface area contributed by atoms with Crippen LogP contribution in [0.25, 0.3) is 0 Å². The first-order valence-corrected chi connectivity index (χ1v) is 2.32. The molecular weight excluding hydrogens is 104 g/mol. The van der Waals surface area contributed by atoms with Gasteiger partial charge in [-0.15, -0.1) is 6.58 Å². The summed E-state index contributed by atoms with van der Waals surface area (Å²) in [5.74, 6) is 0.0480. The average Bonchev–Trinajstić information content (AvgIpc) is 1.66. The normalized spacial score (nSPS) is 8.50. The third-order valence-corrected chi connectivity index (χ3v) is 0.504. The largest absolute Gasteiger partial charge is 0.510 e. The molecule has 0 aliphatic rings. The van der Waals surface area contributed by atoms with Crippen LogP contribution in [0.5, 0.6) is 0 Å². The van der Waals surface area contributed by atoms with Crippen molar-refractivity contribution in [3.8, 4) is 0 Å². The van der Waals surface area contributed by atoms with Crippen LogP contribution in [0.3, 0.4) is 0 Å². The van der Waals surface area contributed by atoms with Crippen molar-refractivity contribution in [3.63, 3.8) is 0 Å². The summed E-state index contributed by atoms with van der Waals surface area (Å²) < 4.78 is 4.78. The van der Waals surface area contributed by atoms with Crippen molar-refractivity contribution in [2.45, 2.75) is 0 Å². The molecule has 0 heterocycles. The van der Waals surface area contributed by atoms with Gasteiger partial charge in [-0.25, -0.2) is 0 Å². The third kappa shape index (κ3) is 5.24. The molecule has 0 aliphatic carbocycles. The van der Waals surface area contributed by atoms with Gasteiger partial charge in [-0.1, -0.05) is 12.7 Å². The van der Waals surface area contributed by atoms with Crippen molar-refractivity contribution < 1.29 is 9.84 Å². The molecule has 0 spiro atoms. The van der Waals surface area contributed by atoms with Gasteiger partial charge in [0.2, 0.25) is 0 Å². The van der Waals surface area contributed by atoms with Gasteiger partial charge in [-0.05, 0) is 0 Å². The molecule has 0 saturated carbocycles. The SMILES string of the molecule is C=CCOCC(=C)O. The Balaban J connectivity index is 2.93. The Kier molecular flexibility index (Phi) is 3.98. The van der Waals surface area contributed by atoms with Crippen molar-refractivity contribution in [2.75, 3.05) is 13.2 Å². The van der Waals surface area contributed by atoms with E-state index >= 15 is 0 Å². The van der Waals surface area contributed by atoms with Gasteiger partial charge in [0.1, 0.15) is 12.4 Å². The monoisotopic (exact) mass is 114 g/mol. The summed E-state index contributed by atoms with van der Waals surface area (Å²) in [4.78, 5) is 0. The van der Waals surface area contributed by atoms with Crippen LogP contribution in [-0.4, -0.2) is 18.3 Å². The second kappa shape index (κ2) is 4.40. The van der Waals surface area contributed by atoms with Crippen LogP contribution >= 0.6 is 0 Å². The predicted molar refractivity (Wildman–Crippen MR) is 32.8 cm³/mol. The lowest BCUT2D eigenvalue weighted by Crippen LogP contribution is -1.95. The third-order valence-electron chi connectivity index (χ3n) is 0.504. The highest BCUT2D eigenvalue weighted by molar-refractivity contribution is 4.78. The second-order valence-electron chi connectivity index (χ2n) is 1.37. The first-order valence-electron chi connectivity index (χ1n) is 2.32. The molecule has 0 aromatic carbocycles. The zero-order valence-electron chi connectivity index (χ0n) is 4.76. The van der Waals surface area contributed by atoms with Crippen LogP contribution in [0.1, 0.15) is 0 Å². The maximum Gasteiger partial charge on any atom is 0.111 e. The highest BCUT2D eigenvalue weighted by atomic mass is 16.5. The summed E-state index contributed by atoms with van der Waals surface area (Å²) in [6.45, 7) is 7.30. The first-order chi connectivity index (χ1) is 3.77. The molecule has 1 N–H and O–H groups in total. The summed E-state index contributed by atoms with van der Waals surface area (Å²) in [7, 11) is 0. The lowest BCUT2D eigenvalue weighted by Gasteiger charge is -1.95. The summed E-state index contributed by atoms with van der Waals surface area (Å²) in [5, 5.41) is 8.43. The Morgan fingerprint density at radius 1 is 1.75 bits per heavy atom. The maximum absolute atomic E-state index is 8.43. The molecule has 0 bridgehead atoms. The molecule has 0 saturated heterocycles. The summed E-state index contributed by atoms with van der Waals surface area (Å²) in [6.07, 6.45) is 1.61. The predicted octanol–water partition coefficient (Wildman–Crippen LogP) is 1.26. The molecule has 46 valence electrons. The maximum atomic E-state index is 8.43. The molecular formula is C6H10O2. The number of aliphatic hydroxyl groups is 1. The van der Waals surface area contributed by atoms with E-state index in [-0.39, 0.29) is 12.4 Å². The van der Waals surface area contributed by atoms with Crippen LogP contribution in [-0.2, 0) is 4.74 Å². The van der Waals surface area contributed by atoms with E-state index in [0.29, 0.717) is 6.61 Å². The minimum atomic E-state index is 0.0480. The quantitative estimate of drug-likeness (QED) is 0.338. The first kappa shape index (κ1) is 7.24. The lowest BCUT2D eigenvalue weighted by atomic mass is 10.6. The lowest BCUT2D eigenvalue weighted by molar-refractivity contribution is 0.153. The van der Waals surface area contributed by atoms with Crippen LogP contribution in [0.4, 0.5) is 0 Å². The fourth-order valence-electron chi connectivity index (χ4n) is 0.260. The van der Waals surface area contributed by atoms with Crippen LogP contribution in [0.2, 0.25) is 0 Å². The molecule has 0 atom stereocenters. The summed E-state index contributed by atoms with van der Waals surface area (Å²) in [6, 6.07) is 0.